The lowest BCUT2D eigenvalue weighted by Crippen LogP contribution is -2.43. The molecule has 26 heavy (non-hydrogen) atoms. The first-order valence-electron chi connectivity index (χ1n) is 8.49. The van der Waals surface area contributed by atoms with Gasteiger partial charge in [0.15, 0.2) is 0 Å². The molecule has 0 aromatic heterocycles. The summed E-state index contributed by atoms with van der Waals surface area (Å²) >= 11 is 0. The van der Waals surface area contributed by atoms with Crippen LogP contribution in [0.1, 0.15) is 17.2 Å². The Labute approximate surface area is 151 Å². The number of ether oxygens (including phenoxy) is 1. The van der Waals surface area contributed by atoms with Gasteiger partial charge in [-0.25, -0.2) is 0 Å². The quantitative estimate of drug-likeness (QED) is 0.658. The number of morpholine rings is 1. The standard InChI is InChI=1S/C19H21N3O4/c1-14-7-8-16(17(13-14)22(24)25)20-19(23)18(15-5-3-2-4-6-15)21-9-11-26-12-10-21/h2-8,13,18H,9-12H2,1H3,(H,20,23)/t18-/m1/s1. The number of carbonyl (C=O) groups excluding carboxylic acids is 1. The number of nitrogens with zero attached hydrogens (tertiary/aromatic N) is 2. The third-order valence-electron chi connectivity index (χ3n) is 4.38. The van der Waals surface area contributed by atoms with Gasteiger partial charge in [0.25, 0.3) is 5.69 Å². The van der Waals surface area contributed by atoms with Gasteiger partial charge in [0.1, 0.15) is 11.7 Å². The topological polar surface area (TPSA) is 84.7 Å². The summed E-state index contributed by atoms with van der Waals surface area (Å²) < 4.78 is 5.38. The Morgan fingerprint density at radius 2 is 1.88 bits per heavy atom. The zero-order valence-electron chi connectivity index (χ0n) is 14.6. The molecule has 0 spiro atoms. The highest BCUT2D eigenvalue weighted by Crippen LogP contribution is 2.28. The lowest BCUT2D eigenvalue weighted by atomic mass is 10.0. The summed E-state index contributed by atoms with van der Waals surface area (Å²) in [7, 11) is 0. The highest BCUT2D eigenvalue weighted by molar-refractivity contribution is 5.97. The fraction of sp³-hybridized carbons (Fsp3) is 0.316. The van der Waals surface area contributed by atoms with Crippen molar-refractivity contribution in [3.63, 3.8) is 0 Å². The van der Waals surface area contributed by atoms with Crippen molar-refractivity contribution in [3.8, 4) is 0 Å². The molecule has 2 aromatic carbocycles. The highest BCUT2D eigenvalue weighted by Gasteiger charge is 2.30. The summed E-state index contributed by atoms with van der Waals surface area (Å²) in [6.07, 6.45) is 0. The summed E-state index contributed by atoms with van der Waals surface area (Å²) in [6, 6.07) is 13.7. The predicted octanol–water partition coefficient (Wildman–Crippen LogP) is 2.92. The van der Waals surface area contributed by atoms with E-state index in [1.165, 1.54) is 6.07 Å². The van der Waals surface area contributed by atoms with E-state index in [2.05, 4.69) is 5.32 Å². The van der Waals surface area contributed by atoms with Crippen LogP contribution in [0, 0.1) is 17.0 Å². The van der Waals surface area contributed by atoms with Gasteiger partial charge in [-0.05, 0) is 24.1 Å². The molecule has 1 amide bonds. The number of benzene rings is 2. The van der Waals surface area contributed by atoms with Crippen LogP contribution >= 0.6 is 0 Å². The molecule has 136 valence electrons. The van der Waals surface area contributed by atoms with E-state index in [1.54, 1.807) is 19.1 Å². The van der Waals surface area contributed by atoms with E-state index in [9.17, 15) is 14.9 Å². The van der Waals surface area contributed by atoms with E-state index in [0.29, 0.717) is 26.3 Å². The first-order chi connectivity index (χ1) is 12.6. The minimum Gasteiger partial charge on any atom is -0.379 e. The lowest BCUT2D eigenvalue weighted by molar-refractivity contribution is -0.384. The average molecular weight is 355 g/mol. The molecule has 7 heteroatoms. The van der Waals surface area contributed by atoms with Gasteiger partial charge >= 0.3 is 0 Å². The maximum Gasteiger partial charge on any atom is 0.293 e. The van der Waals surface area contributed by atoms with E-state index in [1.807, 2.05) is 35.2 Å². The molecule has 1 aliphatic rings. The number of anilines is 1. The molecule has 1 saturated heterocycles. The number of hydrogen-bond donors (Lipinski definition) is 1. The molecule has 0 aliphatic carbocycles. The van der Waals surface area contributed by atoms with Crippen LogP contribution in [0.3, 0.4) is 0 Å². The Kier molecular flexibility index (Phi) is 5.60. The molecule has 0 unspecified atom stereocenters. The molecule has 1 heterocycles. The van der Waals surface area contributed by atoms with Gasteiger partial charge < -0.3 is 10.1 Å². The molecule has 2 aromatic rings. The van der Waals surface area contributed by atoms with Crippen molar-refractivity contribution >= 4 is 17.3 Å². The number of nitro groups is 1. The van der Waals surface area contributed by atoms with Gasteiger partial charge in [0.2, 0.25) is 5.91 Å². The van der Waals surface area contributed by atoms with E-state index in [-0.39, 0.29) is 17.3 Å². The number of amides is 1. The molecule has 0 radical (unpaired) electrons. The van der Waals surface area contributed by atoms with Crippen LogP contribution in [0.4, 0.5) is 11.4 Å². The van der Waals surface area contributed by atoms with Crippen molar-refractivity contribution in [2.24, 2.45) is 0 Å². The molecule has 0 saturated carbocycles. The number of carbonyl (C=O) groups is 1. The Balaban J connectivity index is 1.90. The van der Waals surface area contributed by atoms with Gasteiger partial charge in [0.05, 0.1) is 18.1 Å². The van der Waals surface area contributed by atoms with Crippen LogP contribution in [0.2, 0.25) is 0 Å². The summed E-state index contributed by atoms with van der Waals surface area (Å²) in [6.45, 7) is 4.15. The monoisotopic (exact) mass is 355 g/mol. The van der Waals surface area contributed by atoms with Gasteiger partial charge in [-0.15, -0.1) is 0 Å². The Bertz CT molecular complexity index is 789. The van der Waals surface area contributed by atoms with Gasteiger partial charge in [-0.1, -0.05) is 36.4 Å². The minimum absolute atomic E-state index is 0.105. The van der Waals surface area contributed by atoms with Crippen LogP contribution in [-0.4, -0.2) is 42.0 Å². The average Bonchev–Trinajstić information content (AvgIpc) is 2.65. The number of rotatable bonds is 5. The lowest BCUT2D eigenvalue weighted by Gasteiger charge is -2.33. The zero-order valence-corrected chi connectivity index (χ0v) is 14.6. The van der Waals surface area contributed by atoms with Crippen molar-refractivity contribution in [3.05, 3.63) is 69.8 Å². The van der Waals surface area contributed by atoms with Gasteiger partial charge in [-0.3, -0.25) is 19.8 Å². The minimum atomic E-state index is -0.527. The molecular formula is C19H21N3O4. The van der Waals surface area contributed by atoms with E-state index in [0.717, 1.165) is 11.1 Å². The summed E-state index contributed by atoms with van der Waals surface area (Å²) in [4.78, 5) is 25.9. The molecule has 1 aliphatic heterocycles. The second kappa shape index (κ2) is 8.07. The van der Waals surface area contributed by atoms with Crippen molar-refractivity contribution < 1.29 is 14.5 Å². The molecule has 1 N–H and O–H groups in total. The summed E-state index contributed by atoms with van der Waals surface area (Å²) in [5.41, 5.74) is 1.72. The second-order valence-electron chi connectivity index (χ2n) is 6.23. The number of nitro benzene ring substituents is 1. The SMILES string of the molecule is Cc1ccc(NC(=O)[C@@H](c2ccccc2)N2CCOCC2)c([N+](=O)[O-])c1. The first kappa shape index (κ1) is 18.0. The highest BCUT2D eigenvalue weighted by atomic mass is 16.6. The fourth-order valence-corrected chi connectivity index (χ4v) is 3.10. The van der Waals surface area contributed by atoms with Crippen LogP contribution in [0.15, 0.2) is 48.5 Å². The molecule has 0 bridgehead atoms. The van der Waals surface area contributed by atoms with Crippen LogP contribution < -0.4 is 5.32 Å². The molecular weight excluding hydrogens is 334 g/mol. The second-order valence-corrected chi connectivity index (χ2v) is 6.23. The zero-order chi connectivity index (χ0) is 18.5. The van der Waals surface area contributed by atoms with Crippen LogP contribution in [0.25, 0.3) is 0 Å². The maximum absolute atomic E-state index is 13.1. The summed E-state index contributed by atoms with van der Waals surface area (Å²) in [5, 5.41) is 14.1. The van der Waals surface area contributed by atoms with Crippen molar-refractivity contribution in [2.75, 3.05) is 31.6 Å². The van der Waals surface area contributed by atoms with Crippen molar-refractivity contribution in [2.45, 2.75) is 13.0 Å². The smallest absolute Gasteiger partial charge is 0.293 e. The van der Waals surface area contributed by atoms with Crippen molar-refractivity contribution in [1.82, 2.24) is 4.90 Å². The molecule has 1 fully saturated rings. The first-order valence-corrected chi connectivity index (χ1v) is 8.49. The number of aryl methyl sites for hydroxylation is 1. The van der Waals surface area contributed by atoms with E-state index in [4.69, 9.17) is 4.74 Å². The fourth-order valence-electron chi connectivity index (χ4n) is 3.10. The summed E-state index contributed by atoms with van der Waals surface area (Å²) in [5.74, 6) is -0.287. The Hall–Kier alpha value is -2.77. The normalized spacial score (nSPS) is 16.0. The van der Waals surface area contributed by atoms with E-state index < -0.39 is 11.0 Å². The Morgan fingerprint density at radius 3 is 2.54 bits per heavy atom. The van der Waals surface area contributed by atoms with E-state index >= 15 is 0 Å². The molecule has 7 nitrogen and oxygen atoms in total. The number of hydrogen-bond acceptors (Lipinski definition) is 5. The predicted molar refractivity (Wildman–Crippen MR) is 98.0 cm³/mol. The van der Waals surface area contributed by atoms with Crippen molar-refractivity contribution in [1.29, 1.82) is 0 Å². The molecule has 1 atom stereocenters. The van der Waals surface area contributed by atoms with Gasteiger partial charge in [-0.2, -0.15) is 0 Å². The molecule has 3 rings (SSSR count). The Morgan fingerprint density at radius 1 is 1.19 bits per heavy atom. The van der Waals surface area contributed by atoms with Crippen LogP contribution in [-0.2, 0) is 9.53 Å². The third-order valence-corrected chi connectivity index (χ3v) is 4.38. The van der Waals surface area contributed by atoms with Crippen LogP contribution in [0.5, 0.6) is 0 Å². The number of nitrogens with one attached hydrogen (secondary N) is 1. The van der Waals surface area contributed by atoms with Gasteiger partial charge in [0, 0.05) is 19.2 Å². The third kappa shape index (κ3) is 4.07. The maximum atomic E-state index is 13.1. The largest absolute Gasteiger partial charge is 0.379 e.